The highest BCUT2D eigenvalue weighted by molar-refractivity contribution is 5.88. The fraction of sp³-hybridized carbons (Fsp3) is 0.440. The number of nitrogens with zero attached hydrogens (tertiary/aromatic N) is 2. The number of amides is 2. The smallest absolute Gasteiger partial charge is 0.311 e. The van der Waals surface area contributed by atoms with Gasteiger partial charge in [-0.2, -0.15) is 0 Å². The van der Waals surface area contributed by atoms with Gasteiger partial charge < -0.3 is 19.7 Å². The van der Waals surface area contributed by atoms with Crippen molar-refractivity contribution in [2.24, 2.45) is 0 Å². The standard InChI is InChI=1S/C25H33N3O6/c1-5-7-14-26-25(30)21(6-2)27(16-19-10-8-18(3)9-11-19)24(29)17-34-20-12-13-22(28(31)32)23(15-20)33-4/h8-13,15,21H,5-7,14,16-17H2,1-4H3,(H,26,30)/t21-/m0/s1. The molecule has 0 saturated heterocycles. The second-order valence-corrected chi connectivity index (χ2v) is 7.96. The van der Waals surface area contributed by atoms with Crippen molar-refractivity contribution in [3.05, 3.63) is 63.7 Å². The summed E-state index contributed by atoms with van der Waals surface area (Å²) in [4.78, 5) is 38.2. The van der Waals surface area contributed by atoms with Gasteiger partial charge in [0.2, 0.25) is 11.7 Å². The Kier molecular flexibility index (Phi) is 10.3. The molecule has 0 spiro atoms. The van der Waals surface area contributed by atoms with Crippen LogP contribution in [0.25, 0.3) is 0 Å². The van der Waals surface area contributed by atoms with Crippen molar-refractivity contribution in [1.29, 1.82) is 0 Å². The molecule has 0 aromatic heterocycles. The van der Waals surface area contributed by atoms with Gasteiger partial charge in [0.15, 0.2) is 6.61 Å². The summed E-state index contributed by atoms with van der Waals surface area (Å²) >= 11 is 0. The highest BCUT2D eigenvalue weighted by atomic mass is 16.6. The molecule has 0 heterocycles. The topological polar surface area (TPSA) is 111 Å². The number of nitrogens with one attached hydrogen (secondary N) is 1. The van der Waals surface area contributed by atoms with E-state index in [0.717, 1.165) is 24.0 Å². The first kappa shape index (κ1) is 26.6. The normalized spacial score (nSPS) is 11.4. The molecule has 0 aliphatic rings. The Labute approximate surface area is 200 Å². The maximum absolute atomic E-state index is 13.2. The van der Waals surface area contributed by atoms with E-state index in [1.807, 2.05) is 45.0 Å². The number of aryl methyl sites for hydroxylation is 1. The molecule has 9 heteroatoms. The van der Waals surface area contributed by atoms with Crippen LogP contribution in [0.4, 0.5) is 5.69 Å². The minimum Gasteiger partial charge on any atom is -0.490 e. The number of nitro groups is 1. The van der Waals surface area contributed by atoms with Gasteiger partial charge in [-0.15, -0.1) is 0 Å². The van der Waals surface area contributed by atoms with Crippen LogP contribution >= 0.6 is 0 Å². The van der Waals surface area contributed by atoms with Gasteiger partial charge in [-0.05, 0) is 31.4 Å². The average molecular weight is 472 g/mol. The second kappa shape index (κ2) is 13.2. The van der Waals surface area contributed by atoms with Crippen LogP contribution in [0, 0.1) is 17.0 Å². The number of methoxy groups -OCH3 is 1. The molecule has 2 aromatic rings. The number of nitro benzene ring substituents is 1. The van der Waals surface area contributed by atoms with Crippen LogP contribution in [0.15, 0.2) is 42.5 Å². The third kappa shape index (κ3) is 7.47. The molecule has 1 N–H and O–H groups in total. The van der Waals surface area contributed by atoms with Crippen LogP contribution < -0.4 is 14.8 Å². The molecule has 0 aliphatic carbocycles. The number of ether oxygens (including phenoxy) is 2. The number of benzene rings is 2. The fourth-order valence-electron chi connectivity index (χ4n) is 3.44. The van der Waals surface area contributed by atoms with Crippen molar-refractivity contribution in [1.82, 2.24) is 10.2 Å². The minimum atomic E-state index is -0.652. The van der Waals surface area contributed by atoms with Crippen molar-refractivity contribution >= 4 is 17.5 Å². The minimum absolute atomic E-state index is 0.0354. The van der Waals surface area contributed by atoms with E-state index in [1.165, 1.54) is 30.2 Å². The molecule has 34 heavy (non-hydrogen) atoms. The van der Waals surface area contributed by atoms with Crippen molar-refractivity contribution < 1.29 is 24.0 Å². The highest BCUT2D eigenvalue weighted by Gasteiger charge is 2.29. The van der Waals surface area contributed by atoms with Crippen molar-refractivity contribution in [3.8, 4) is 11.5 Å². The van der Waals surface area contributed by atoms with Crippen LogP contribution in [0.2, 0.25) is 0 Å². The van der Waals surface area contributed by atoms with Crippen molar-refractivity contribution in [2.75, 3.05) is 20.3 Å². The van der Waals surface area contributed by atoms with Crippen LogP contribution in [-0.4, -0.2) is 47.9 Å². The van der Waals surface area contributed by atoms with E-state index in [4.69, 9.17) is 9.47 Å². The number of hydrogen-bond acceptors (Lipinski definition) is 6. The average Bonchev–Trinajstić information content (AvgIpc) is 2.83. The monoisotopic (exact) mass is 471 g/mol. The van der Waals surface area contributed by atoms with Gasteiger partial charge in [-0.1, -0.05) is 50.1 Å². The lowest BCUT2D eigenvalue weighted by molar-refractivity contribution is -0.385. The number of carbonyl (C=O) groups is 2. The summed E-state index contributed by atoms with van der Waals surface area (Å²) in [6, 6.07) is 11.2. The van der Waals surface area contributed by atoms with E-state index < -0.39 is 11.0 Å². The van der Waals surface area contributed by atoms with E-state index in [1.54, 1.807) is 0 Å². The molecular weight excluding hydrogens is 438 g/mol. The zero-order chi connectivity index (χ0) is 25.1. The molecule has 0 saturated carbocycles. The van der Waals surface area contributed by atoms with Crippen LogP contribution in [0.5, 0.6) is 11.5 Å². The summed E-state index contributed by atoms with van der Waals surface area (Å²) in [5.74, 6) is -0.275. The van der Waals surface area contributed by atoms with Gasteiger partial charge in [0.25, 0.3) is 5.91 Å². The fourth-order valence-corrected chi connectivity index (χ4v) is 3.44. The second-order valence-electron chi connectivity index (χ2n) is 7.96. The molecular formula is C25H33N3O6. The zero-order valence-electron chi connectivity index (χ0n) is 20.2. The van der Waals surface area contributed by atoms with Crippen molar-refractivity contribution in [2.45, 2.75) is 52.6 Å². The zero-order valence-corrected chi connectivity index (χ0v) is 20.2. The van der Waals surface area contributed by atoms with E-state index in [-0.39, 0.29) is 42.2 Å². The molecule has 184 valence electrons. The predicted molar refractivity (Wildman–Crippen MR) is 129 cm³/mol. The summed E-state index contributed by atoms with van der Waals surface area (Å²) in [6.07, 6.45) is 2.26. The maximum Gasteiger partial charge on any atom is 0.311 e. The largest absolute Gasteiger partial charge is 0.490 e. The maximum atomic E-state index is 13.2. The molecule has 1 atom stereocenters. The molecule has 0 bridgehead atoms. The Bertz CT molecular complexity index is 977. The Balaban J connectivity index is 2.21. The lowest BCUT2D eigenvalue weighted by Gasteiger charge is -2.30. The van der Waals surface area contributed by atoms with Gasteiger partial charge in [0, 0.05) is 25.2 Å². The van der Waals surface area contributed by atoms with Crippen LogP contribution in [0.3, 0.4) is 0 Å². The molecule has 2 rings (SSSR count). The molecule has 9 nitrogen and oxygen atoms in total. The molecule has 0 fully saturated rings. The molecule has 2 amide bonds. The SMILES string of the molecule is CCCCNC(=O)[C@H](CC)N(Cc1ccc(C)cc1)C(=O)COc1ccc([N+](=O)[O-])c(OC)c1. The van der Waals surface area contributed by atoms with Gasteiger partial charge in [-0.25, -0.2) is 0 Å². The van der Waals surface area contributed by atoms with Gasteiger partial charge in [-0.3, -0.25) is 19.7 Å². The first-order valence-electron chi connectivity index (χ1n) is 11.4. The Morgan fingerprint density at radius 1 is 1.15 bits per heavy atom. The molecule has 0 aliphatic heterocycles. The van der Waals surface area contributed by atoms with Gasteiger partial charge >= 0.3 is 5.69 Å². The molecule has 2 aromatic carbocycles. The lowest BCUT2D eigenvalue weighted by Crippen LogP contribution is -2.50. The lowest BCUT2D eigenvalue weighted by atomic mass is 10.1. The third-order valence-electron chi connectivity index (χ3n) is 5.40. The van der Waals surface area contributed by atoms with E-state index >= 15 is 0 Å². The summed E-state index contributed by atoms with van der Waals surface area (Å²) < 4.78 is 10.7. The van der Waals surface area contributed by atoms with E-state index in [0.29, 0.717) is 13.0 Å². The van der Waals surface area contributed by atoms with Crippen LogP contribution in [0.1, 0.15) is 44.2 Å². The van der Waals surface area contributed by atoms with Crippen LogP contribution in [-0.2, 0) is 16.1 Å². The summed E-state index contributed by atoms with van der Waals surface area (Å²) in [5, 5.41) is 14.0. The number of carbonyl (C=O) groups excluding carboxylic acids is 2. The first-order chi connectivity index (χ1) is 16.3. The van der Waals surface area contributed by atoms with Crippen molar-refractivity contribution in [3.63, 3.8) is 0 Å². The molecule has 0 unspecified atom stereocenters. The van der Waals surface area contributed by atoms with Gasteiger partial charge in [0.05, 0.1) is 12.0 Å². The highest BCUT2D eigenvalue weighted by Crippen LogP contribution is 2.30. The predicted octanol–water partition coefficient (Wildman–Crippen LogP) is 4.01. The number of hydrogen-bond donors (Lipinski definition) is 1. The number of rotatable bonds is 13. The van der Waals surface area contributed by atoms with E-state index in [9.17, 15) is 19.7 Å². The quantitative estimate of drug-likeness (QED) is 0.268. The third-order valence-corrected chi connectivity index (χ3v) is 5.40. The van der Waals surface area contributed by atoms with Gasteiger partial charge in [0.1, 0.15) is 11.8 Å². The molecule has 0 radical (unpaired) electrons. The summed E-state index contributed by atoms with van der Waals surface area (Å²) in [6.45, 7) is 6.37. The Morgan fingerprint density at radius 2 is 1.85 bits per heavy atom. The first-order valence-corrected chi connectivity index (χ1v) is 11.4. The summed E-state index contributed by atoms with van der Waals surface area (Å²) in [7, 11) is 1.32. The summed E-state index contributed by atoms with van der Waals surface area (Å²) in [5.41, 5.74) is 1.80. The number of unbranched alkanes of at least 4 members (excludes halogenated alkanes) is 1. The van der Waals surface area contributed by atoms with E-state index in [2.05, 4.69) is 5.32 Å². The Hall–Kier alpha value is -3.62. The Morgan fingerprint density at radius 3 is 2.44 bits per heavy atom.